The van der Waals surface area contributed by atoms with E-state index in [-0.39, 0.29) is 5.91 Å². The van der Waals surface area contributed by atoms with E-state index in [9.17, 15) is 4.79 Å². The van der Waals surface area contributed by atoms with Crippen LogP contribution >= 0.6 is 0 Å². The Morgan fingerprint density at radius 1 is 1.56 bits per heavy atom. The van der Waals surface area contributed by atoms with Gasteiger partial charge in [0.25, 0.3) is 0 Å². The zero-order valence-corrected chi connectivity index (χ0v) is 9.23. The van der Waals surface area contributed by atoms with Crippen LogP contribution in [0.15, 0.2) is 12.5 Å². The predicted molar refractivity (Wildman–Crippen MR) is 57.7 cm³/mol. The molecule has 0 aliphatic carbocycles. The molecule has 5 heteroatoms. The predicted octanol–water partition coefficient (Wildman–Crippen LogP) is -0.320. The number of hydrogen-bond acceptors (Lipinski definition) is 4. The van der Waals surface area contributed by atoms with Crippen LogP contribution in [0.5, 0.6) is 0 Å². The number of likely N-dealkylation sites (N-methyl/N-ethyl adjacent to an activating group) is 1. The third kappa shape index (κ3) is 1.18. The molecule has 0 bridgehead atoms. The van der Waals surface area contributed by atoms with Crippen LogP contribution in [0.3, 0.4) is 0 Å². The summed E-state index contributed by atoms with van der Waals surface area (Å²) in [6, 6.07) is 0. The summed E-state index contributed by atoms with van der Waals surface area (Å²) in [5.41, 5.74) is 1.54. The molecule has 0 radical (unpaired) electrons. The summed E-state index contributed by atoms with van der Waals surface area (Å²) in [5.74, 6) is 0.114. The molecule has 1 aromatic heterocycles. The number of likely N-dealkylation sites (tertiary alicyclic amines) is 1. The van der Waals surface area contributed by atoms with Gasteiger partial charge in [-0.15, -0.1) is 0 Å². The average molecular weight is 218 g/mol. The highest BCUT2D eigenvalue weighted by Crippen LogP contribution is 2.36. The molecular formula is C11H14N4O. The quantitative estimate of drug-likeness (QED) is 0.648. The van der Waals surface area contributed by atoms with Gasteiger partial charge in [0.1, 0.15) is 11.7 Å². The lowest BCUT2D eigenvalue weighted by Crippen LogP contribution is -2.50. The van der Waals surface area contributed by atoms with E-state index in [0.29, 0.717) is 6.54 Å². The number of hydrogen-bond donors (Lipinski definition) is 1. The molecule has 1 aromatic rings. The van der Waals surface area contributed by atoms with Crippen molar-refractivity contribution in [3.05, 3.63) is 23.8 Å². The van der Waals surface area contributed by atoms with Gasteiger partial charge >= 0.3 is 0 Å². The monoisotopic (exact) mass is 218 g/mol. The van der Waals surface area contributed by atoms with Crippen molar-refractivity contribution in [2.45, 2.75) is 18.4 Å². The number of rotatable bonds is 0. The van der Waals surface area contributed by atoms with Crippen molar-refractivity contribution in [1.29, 1.82) is 0 Å². The van der Waals surface area contributed by atoms with E-state index >= 15 is 0 Å². The van der Waals surface area contributed by atoms with Crippen LogP contribution < -0.4 is 5.32 Å². The SMILES string of the molecule is CN1CCC2(C1)C(=O)NCc1cncnc12. The maximum Gasteiger partial charge on any atom is 0.233 e. The van der Waals surface area contributed by atoms with Gasteiger partial charge in [-0.25, -0.2) is 9.97 Å². The minimum Gasteiger partial charge on any atom is -0.351 e. The number of aromatic nitrogens is 2. The zero-order chi connectivity index (χ0) is 11.2. The third-order valence-corrected chi connectivity index (χ3v) is 3.58. The minimum absolute atomic E-state index is 0.114. The summed E-state index contributed by atoms with van der Waals surface area (Å²) in [7, 11) is 2.04. The molecule has 84 valence electrons. The molecule has 5 nitrogen and oxygen atoms in total. The van der Waals surface area contributed by atoms with Gasteiger partial charge in [0.15, 0.2) is 0 Å². The highest BCUT2D eigenvalue weighted by molar-refractivity contribution is 5.90. The normalized spacial score (nSPS) is 29.2. The van der Waals surface area contributed by atoms with Crippen molar-refractivity contribution in [3.63, 3.8) is 0 Å². The standard InChI is InChI=1S/C11H14N4O/c1-15-3-2-11(6-15)9-8(4-12-7-14-9)5-13-10(11)16/h4,7H,2-3,5-6H2,1H3,(H,13,16). The molecule has 2 aliphatic rings. The lowest BCUT2D eigenvalue weighted by molar-refractivity contribution is -0.127. The van der Waals surface area contributed by atoms with Gasteiger partial charge in [-0.2, -0.15) is 0 Å². The average Bonchev–Trinajstić information content (AvgIpc) is 2.68. The van der Waals surface area contributed by atoms with Gasteiger partial charge in [-0.3, -0.25) is 4.79 Å². The van der Waals surface area contributed by atoms with Crippen LogP contribution in [0.25, 0.3) is 0 Å². The van der Waals surface area contributed by atoms with Crippen molar-refractivity contribution in [3.8, 4) is 0 Å². The molecule has 1 N–H and O–H groups in total. The van der Waals surface area contributed by atoms with Gasteiger partial charge in [0.05, 0.1) is 5.69 Å². The summed E-state index contributed by atoms with van der Waals surface area (Å²) >= 11 is 0. The highest BCUT2D eigenvalue weighted by atomic mass is 16.2. The topological polar surface area (TPSA) is 58.1 Å². The number of amides is 1. The van der Waals surface area contributed by atoms with Crippen LogP contribution in [0.2, 0.25) is 0 Å². The van der Waals surface area contributed by atoms with Gasteiger partial charge < -0.3 is 10.2 Å². The van der Waals surface area contributed by atoms with Gasteiger partial charge in [-0.05, 0) is 20.0 Å². The summed E-state index contributed by atoms with van der Waals surface area (Å²) < 4.78 is 0. The highest BCUT2D eigenvalue weighted by Gasteiger charge is 2.49. The summed E-state index contributed by atoms with van der Waals surface area (Å²) in [6.45, 7) is 2.25. The molecule has 1 spiro atoms. The fourth-order valence-corrected chi connectivity index (χ4v) is 2.75. The van der Waals surface area contributed by atoms with Gasteiger partial charge in [0, 0.05) is 24.8 Å². The third-order valence-electron chi connectivity index (χ3n) is 3.58. The summed E-state index contributed by atoms with van der Waals surface area (Å²) in [4.78, 5) is 22.7. The van der Waals surface area contributed by atoms with Crippen LogP contribution in [0.4, 0.5) is 0 Å². The van der Waals surface area contributed by atoms with E-state index in [0.717, 1.165) is 30.8 Å². The van der Waals surface area contributed by atoms with E-state index in [1.165, 1.54) is 6.33 Å². The second-order valence-corrected chi connectivity index (χ2v) is 4.65. The molecule has 2 aliphatic heterocycles. The van der Waals surface area contributed by atoms with E-state index in [1.807, 2.05) is 13.2 Å². The second-order valence-electron chi connectivity index (χ2n) is 4.65. The number of nitrogens with one attached hydrogen (secondary N) is 1. The molecule has 3 rings (SSSR count). The maximum atomic E-state index is 12.1. The summed E-state index contributed by atoms with van der Waals surface area (Å²) in [6.07, 6.45) is 4.19. The Bertz CT molecular complexity index is 447. The minimum atomic E-state index is -0.439. The molecular weight excluding hydrogens is 204 g/mol. The van der Waals surface area contributed by atoms with Crippen LogP contribution in [0.1, 0.15) is 17.7 Å². The molecule has 0 saturated carbocycles. The lowest BCUT2D eigenvalue weighted by atomic mass is 9.78. The molecule has 1 fully saturated rings. The Hall–Kier alpha value is -1.49. The fourth-order valence-electron chi connectivity index (χ4n) is 2.75. The Labute approximate surface area is 93.9 Å². The van der Waals surface area contributed by atoms with Crippen molar-refractivity contribution in [2.24, 2.45) is 0 Å². The Balaban J connectivity index is 2.14. The van der Waals surface area contributed by atoms with Crippen molar-refractivity contribution >= 4 is 5.91 Å². The molecule has 0 aromatic carbocycles. The molecule has 1 amide bonds. The first kappa shape index (κ1) is 9.72. The number of nitrogens with zero attached hydrogens (tertiary/aromatic N) is 3. The first-order chi connectivity index (χ1) is 7.72. The second kappa shape index (κ2) is 3.25. The molecule has 16 heavy (non-hydrogen) atoms. The van der Waals surface area contributed by atoms with Crippen molar-refractivity contribution in [2.75, 3.05) is 20.1 Å². The van der Waals surface area contributed by atoms with E-state index in [4.69, 9.17) is 0 Å². The van der Waals surface area contributed by atoms with E-state index in [2.05, 4.69) is 20.2 Å². The Morgan fingerprint density at radius 2 is 2.44 bits per heavy atom. The molecule has 1 atom stereocenters. The van der Waals surface area contributed by atoms with E-state index < -0.39 is 5.41 Å². The number of fused-ring (bicyclic) bond motifs is 2. The van der Waals surface area contributed by atoms with Gasteiger partial charge in [0.2, 0.25) is 5.91 Å². The maximum absolute atomic E-state index is 12.1. The van der Waals surface area contributed by atoms with Gasteiger partial charge in [-0.1, -0.05) is 0 Å². The molecule has 3 heterocycles. The molecule has 1 unspecified atom stereocenters. The Kier molecular flexibility index (Phi) is 1.97. The zero-order valence-electron chi connectivity index (χ0n) is 9.23. The van der Waals surface area contributed by atoms with Crippen molar-refractivity contribution < 1.29 is 4.79 Å². The largest absolute Gasteiger partial charge is 0.351 e. The first-order valence-corrected chi connectivity index (χ1v) is 5.48. The number of carbonyl (C=O) groups excluding carboxylic acids is 1. The van der Waals surface area contributed by atoms with E-state index in [1.54, 1.807) is 0 Å². The Morgan fingerprint density at radius 3 is 3.19 bits per heavy atom. The summed E-state index contributed by atoms with van der Waals surface area (Å²) in [5, 5.41) is 2.95. The van der Waals surface area contributed by atoms with Crippen molar-refractivity contribution in [1.82, 2.24) is 20.2 Å². The smallest absolute Gasteiger partial charge is 0.233 e. The number of carbonyl (C=O) groups is 1. The fraction of sp³-hybridized carbons (Fsp3) is 0.545. The van der Waals surface area contributed by atoms with Crippen LogP contribution in [0, 0.1) is 0 Å². The molecule has 1 saturated heterocycles. The first-order valence-electron chi connectivity index (χ1n) is 5.48. The van der Waals surface area contributed by atoms with Crippen LogP contribution in [-0.4, -0.2) is 40.9 Å². The van der Waals surface area contributed by atoms with Crippen LogP contribution in [-0.2, 0) is 16.8 Å². The lowest BCUT2D eigenvalue weighted by Gasteiger charge is -2.32.